The van der Waals surface area contributed by atoms with Crippen molar-refractivity contribution in [3.8, 4) is 5.75 Å². The van der Waals surface area contributed by atoms with Crippen LogP contribution < -0.4 is 10.1 Å². The van der Waals surface area contributed by atoms with Gasteiger partial charge in [-0.2, -0.15) is 0 Å². The highest BCUT2D eigenvalue weighted by molar-refractivity contribution is 7.99. The fourth-order valence-electron chi connectivity index (χ4n) is 4.07. The lowest BCUT2D eigenvalue weighted by molar-refractivity contribution is -0.139. The summed E-state index contributed by atoms with van der Waals surface area (Å²) in [7, 11) is 1.63. The maximum Gasteiger partial charge on any atom is 0.243 e. The van der Waals surface area contributed by atoms with Gasteiger partial charge in [-0.15, -0.1) is 11.8 Å². The molecule has 0 saturated carbocycles. The predicted molar refractivity (Wildman–Crippen MR) is 153 cm³/mol. The summed E-state index contributed by atoms with van der Waals surface area (Å²) in [6.45, 7) is 6.44. The highest BCUT2D eigenvalue weighted by atomic mass is 32.2. The van der Waals surface area contributed by atoms with E-state index in [4.69, 9.17) is 4.74 Å². The molecule has 6 heteroatoms. The Morgan fingerprint density at radius 2 is 1.68 bits per heavy atom. The van der Waals surface area contributed by atoms with Gasteiger partial charge in [0.2, 0.25) is 11.8 Å². The van der Waals surface area contributed by atoms with Crippen molar-refractivity contribution in [2.45, 2.75) is 58.0 Å². The van der Waals surface area contributed by atoms with E-state index in [1.807, 2.05) is 80.6 Å². The molecule has 0 fully saturated rings. The Balaban J connectivity index is 1.88. The average molecular weight is 519 g/mol. The summed E-state index contributed by atoms with van der Waals surface area (Å²) in [6, 6.07) is 25.2. The summed E-state index contributed by atoms with van der Waals surface area (Å²) in [5, 5.41) is 3.12. The number of nitrogens with zero attached hydrogens (tertiary/aromatic N) is 1. The minimum absolute atomic E-state index is 0.0231. The van der Waals surface area contributed by atoms with Gasteiger partial charge in [-0.25, -0.2) is 0 Å². The number of hydrogen-bond acceptors (Lipinski definition) is 4. The SMILES string of the molecule is CC[C@H](C)NC(=O)[C@H](Cc1ccccc1)N(Cc1cccc(OC)c1)C(=O)CSCc1ccccc1C. The molecule has 3 rings (SSSR count). The Kier molecular flexibility index (Phi) is 11.1. The van der Waals surface area contributed by atoms with Crippen molar-refractivity contribution in [1.29, 1.82) is 0 Å². The van der Waals surface area contributed by atoms with Gasteiger partial charge < -0.3 is 15.0 Å². The number of amides is 2. The van der Waals surface area contributed by atoms with E-state index in [1.54, 1.807) is 23.8 Å². The smallest absolute Gasteiger partial charge is 0.243 e. The molecule has 3 aromatic carbocycles. The molecular weight excluding hydrogens is 480 g/mol. The van der Waals surface area contributed by atoms with Gasteiger partial charge in [-0.05, 0) is 54.7 Å². The molecule has 2 amide bonds. The first-order chi connectivity index (χ1) is 17.9. The predicted octanol–water partition coefficient (Wildman–Crippen LogP) is 5.79. The Bertz CT molecular complexity index is 1150. The molecule has 0 radical (unpaired) electrons. The van der Waals surface area contributed by atoms with Gasteiger partial charge >= 0.3 is 0 Å². The number of ether oxygens (including phenoxy) is 1. The zero-order valence-electron chi connectivity index (χ0n) is 22.3. The molecule has 5 nitrogen and oxygen atoms in total. The van der Waals surface area contributed by atoms with Crippen molar-refractivity contribution in [2.75, 3.05) is 12.9 Å². The van der Waals surface area contributed by atoms with E-state index in [2.05, 4.69) is 24.4 Å². The third-order valence-corrected chi connectivity index (χ3v) is 7.47. The number of rotatable bonds is 13. The lowest BCUT2D eigenvalue weighted by Gasteiger charge is -2.32. The van der Waals surface area contributed by atoms with Crippen LogP contribution >= 0.6 is 11.8 Å². The number of carbonyl (C=O) groups excluding carboxylic acids is 2. The van der Waals surface area contributed by atoms with Crippen molar-refractivity contribution in [1.82, 2.24) is 10.2 Å². The molecule has 0 bridgehead atoms. The zero-order chi connectivity index (χ0) is 26.6. The van der Waals surface area contributed by atoms with E-state index in [9.17, 15) is 9.59 Å². The quantitative estimate of drug-likeness (QED) is 0.311. The number of carbonyl (C=O) groups is 2. The lowest BCUT2D eigenvalue weighted by atomic mass is 10.0. The van der Waals surface area contributed by atoms with Crippen LogP contribution in [0.1, 0.15) is 42.5 Å². The second kappa shape index (κ2) is 14.5. The number of methoxy groups -OCH3 is 1. The normalized spacial score (nSPS) is 12.4. The maximum absolute atomic E-state index is 13.8. The van der Waals surface area contributed by atoms with Crippen LogP contribution in [0.4, 0.5) is 0 Å². The molecule has 1 N–H and O–H groups in total. The Labute approximate surface area is 225 Å². The third-order valence-electron chi connectivity index (χ3n) is 6.50. The standard InChI is InChI=1S/C31H38N2O3S/c1-5-24(3)32-31(35)29(19-25-13-7-6-8-14-25)33(20-26-15-11-17-28(18-26)36-4)30(34)22-37-21-27-16-10-9-12-23(27)2/h6-18,24,29H,5,19-22H2,1-4H3,(H,32,35)/t24-,29-/m0/s1. The van der Waals surface area contributed by atoms with Crippen molar-refractivity contribution in [3.05, 3.63) is 101 Å². The molecule has 0 heterocycles. The summed E-state index contributed by atoms with van der Waals surface area (Å²) in [5.74, 6) is 1.58. The van der Waals surface area contributed by atoms with E-state index < -0.39 is 6.04 Å². The minimum Gasteiger partial charge on any atom is -0.497 e. The summed E-state index contributed by atoms with van der Waals surface area (Å²) < 4.78 is 5.41. The first-order valence-electron chi connectivity index (χ1n) is 12.8. The summed E-state index contributed by atoms with van der Waals surface area (Å²) in [5.41, 5.74) is 4.37. The second-order valence-corrected chi connectivity index (χ2v) is 10.3. The van der Waals surface area contributed by atoms with E-state index in [0.29, 0.717) is 18.7 Å². The van der Waals surface area contributed by atoms with Gasteiger partial charge in [0.25, 0.3) is 0 Å². The molecule has 37 heavy (non-hydrogen) atoms. The molecular formula is C31H38N2O3S. The van der Waals surface area contributed by atoms with Crippen LogP contribution in [-0.2, 0) is 28.3 Å². The molecule has 3 aromatic rings. The van der Waals surface area contributed by atoms with Crippen molar-refractivity contribution in [3.63, 3.8) is 0 Å². The zero-order valence-corrected chi connectivity index (χ0v) is 23.1. The van der Waals surface area contributed by atoms with Gasteiger partial charge in [0, 0.05) is 24.8 Å². The average Bonchev–Trinajstić information content (AvgIpc) is 2.92. The fraction of sp³-hybridized carbons (Fsp3) is 0.355. The summed E-state index contributed by atoms with van der Waals surface area (Å²) in [6.07, 6.45) is 1.27. The molecule has 2 atom stereocenters. The molecule has 0 aliphatic heterocycles. The monoisotopic (exact) mass is 518 g/mol. The molecule has 0 aromatic heterocycles. The summed E-state index contributed by atoms with van der Waals surface area (Å²) >= 11 is 1.58. The first-order valence-corrected chi connectivity index (χ1v) is 14.0. The van der Waals surface area contributed by atoms with Crippen LogP contribution in [-0.4, -0.2) is 41.7 Å². The highest BCUT2D eigenvalue weighted by Crippen LogP contribution is 2.21. The largest absolute Gasteiger partial charge is 0.497 e. The molecule has 0 unspecified atom stereocenters. The Hall–Kier alpha value is -3.25. The third kappa shape index (κ3) is 8.67. The van der Waals surface area contributed by atoms with Crippen LogP contribution in [0, 0.1) is 6.92 Å². The van der Waals surface area contributed by atoms with E-state index in [1.165, 1.54) is 11.1 Å². The molecule has 0 aliphatic carbocycles. The Morgan fingerprint density at radius 1 is 0.973 bits per heavy atom. The van der Waals surface area contributed by atoms with Crippen LogP contribution in [0.15, 0.2) is 78.9 Å². The summed E-state index contributed by atoms with van der Waals surface area (Å²) in [4.78, 5) is 29.1. The van der Waals surface area contributed by atoms with Crippen LogP contribution in [0.3, 0.4) is 0 Å². The Morgan fingerprint density at radius 3 is 2.38 bits per heavy atom. The van der Waals surface area contributed by atoms with Gasteiger partial charge in [-0.3, -0.25) is 9.59 Å². The number of aryl methyl sites for hydroxylation is 1. The van der Waals surface area contributed by atoms with Gasteiger partial charge in [-0.1, -0.05) is 73.7 Å². The molecule has 0 spiro atoms. The van der Waals surface area contributed by atoms with Crippen molar-refractivity contribution >= 4 is 23.6 Å². The number of benzene rings is 3. The molecule has 0 aliphatic rings. The number of nitrogens with one attached hydrogen (secondary N) is 1. The minimum atomic E-state index is -0.630. The number of thioether (sulfide) groups is 1. The first kappa shape index (κ1) is 28.3. The van der Waals surface area contributed by atoms with E-state index in [0.717, 1.165) is 29.1 Å². The lowest BCUT2D eigenvalue weighted by Crippen LogP contribution is -2.52. The van der Waals surface area contributed by atoms with E-state index >= 15 is 0 Å². The van der Waals surface area contributed by atoms with Crippen LogP contribution in [0.25, 0.3) is 0 Å². The second-order valence-electron chi connectivity index (χ2n) is 9.32. The van der Waals surface area contributed by atoms with Gasteiger partial charge in [0.05, 0.1) is 12.9 Å². The van der Waals surface area contributed by atoms with Crippen molar-refractivity contribution < 1.29 is 14.3 Å². The maximum atomic E-state index is 13.8. The number of hydrogen-bond donors (Lipinski definition) is 1. The highest BCUT2D eigenvalue weighted by Gasteiger charge is 2.31. The van der Waals surface area contributed by atoms with Gasteiger partial charge in [0.1, 0.15) is 11.8 Å². The topological polar surface area (TPSA) is 58.6 Å². The molecule has 196 valence electrons. The molecule has 0 saturated heterocycles. The fourth-order valence-corrected chi connectivity index (χ4v) is 5.05. The van der Waals surface area contributed by atoms with Crippen LogP contribution in [0.2, 0.25) is 0 Å². The van der Waals surface area contributed by atoms with Gasteiger partial charge in [0.15, 0.2) is 0 Å². The van der Waals surface area contributed by atoms with E-state index in [-0.39, 0.29) is 17.9 Å². The van der Waals surface area contributed by atoms with Crippen molar-refractivity contribution in [2.24, 2.45) is 0 Å². The van der Waals surface area contributed by atoms with Crippen LogP contribution in [0.5, 0.6) is 5.75 Å².